The van der Waals surface area contributed by atoms with Crippen molar-refractivity contribution in [1.29, 1.82) is 0 Å². The lowest BCUT2D eigenvalue weighted by Crippen LogP contribution is -2.07. The number of carbonyl (C=O) groups excluding carboxylic acids is 1. The summed E-state index contributed by atoms with van der Waals surface area (Å²) in [5.74, 6) is -0.455. The number of esters is 1. The molecule has 0 aromatic heterocycles. The van der Waals surface area contributed by atoms with Gasteiger partial charge in [0.15, 0.2) is 0 Å². The van der Waals surface area contributed by atoms with Gasteiger partial charge in [0.2, 0.25) is 0 Å². The largest absolute Gasteiger partial charge is 0.496 e. The molecule has 0 heterocycles. The van der Waals surface area contributed by atoms with E-state index in [1.165, 1.54) is 26.4 Å². The second kappa shape index (κ2) is 6.23. The van der Waals surface area contributed by atoms with Crippen molar-refractivity contribution in [3.8, 4) is 5.75 Å². The zero-order valence-corrected chi connectivity index (χ0v) is 12.2. The Kier molecular flexibility index (Phi) is 5.16. The van der Waals surface area contributed by atoms with Gasteiger partial charge >= 0.3 is 5.97 Å². The zero-order chi connectivity index (χ0) is 14.6. The molecule has 8 heteroatoms. The predicted octanol–water partition coefficient (Wildman–Crippen LogP) is 1.61. The third-order valence-corrected chi connectivity index (χ3v) is 3.01. The fourth-order valence-electron chi connectivity index (χ4n) is 1.35. The molecule has 0 bridgehead atoms. The fourth-order valence-corrected chi connectivity index (χ4v) is 2.01. The van der Waals surface area contributed by atoms with Crippen LogP contribution in [0.25, 0.3) is 0 Å². The highest BCUT2D eigenvalue weighted by Gasteiger charge is 2.19. The van der Waals surface area contributed by atoms with Crippen LogP contribution in [0, 0.1) is 0 Å². The molecule has 0 saturated heterocycles. The summed E-state index contributed by atoms with van der Waals surface area (Å²) in [5.41, 5.74) is 0.537. The summed E-state index contributed by atoms with van der Waals surface area (Å²) in [7, 11) is -0.980. The van der Waals surface area contributed by atoms with Crippen molar-refractivity contribution in [2.75, 3.05) is 20.5 Å². The maximum absolute atomic E-state index is 11.5. The van der Waals surface area contributed by atoms with Gasteiger partial charge in [0.05, 0.1) is 32.1 Å². The summed E-state index contributed by atoms with van der Waals surface area (Å²) >= 11 is 5.95. The molecule has 106 valence electrons. The number of carbonyl (C=O) groups is 1. The molecule has 0 atom stereocenters. The smallest absolute Gasteiger partial charge is 0.343 e. The summed E-state index contributed by atoms with van der Waals surface area (Å²) in [6.45, 7) is -0.198. The van der Waals surface area contributed by atoms with E-state index < -0.39 is 16.1 Å². The molecule has 0 spiro atoms. The third-order valence-electron chi connectivity index (χ3n) is 2.16. The average molecular weight is 309 g/mol. The van der Waals surface area contributed by atoms with Gasteiger partial charge in [-0.3, -0.25) is 4.18 Å². The Bertz CT molecular complexity index is 581. The molecule has 0 amide bonds. The number of rotatable bonds is 5. The maximum Gasteiger partial charge on any atom is 0.343 e. The molecule has 1 aromatic rings. The number of ether oxygens (including phenoxy) is 2. The van der Waals surface area contributed by atoms with Crippen LogP contribution in [0.15, 0.2) is 12.1 Å². The second-order valence-corrected chi connectivity index (χ2v) is 5.66. The van der Waals surface area contributed by atoms with Crippen LogP contribution in [0.5, 0.6) is 5.75 Å². The van der Waals surface area contributed by atoms with Gasteiger partial charge in [0, 0.05) is 0 Å². The first-order valence-electron chi connectivity index (χ1n) is 5.07. The van der Waals surface area contributed by atoms with Gasteiger partial charge in [-0.25, -0.2) is 4.79 Å². The van der Waals surface area contributed by atoms with E-state index >= 15 is 0 Å². The van der Waals surface area contributed by atoms with E-state index in [0.29, 0.717) is 5.56 Å². The van der Waals surface area contributed by atoms with Gasteiger partial charge in [-0.15, -0.1) is 0 Å². The Hall–Kier alpha value is -1.31. The van der Waals surface area contributed by atoms with E-state index in [2.05, 4.69) is 8.92 Å². The van der Waals surface area contributed by atoms with Gasteiger partial charge in [-0.2, -0.15) is 8.42 Å². The Morgan fingerprint density at radius 3 is 2.42 bits per heavy atom. The van der Waals surface area contributed by atoms with Crippen molar-refractivity contribution in [2.45, 2.75) is 6.61 Å². The number of hydrogen-bond acceptors (Lipinski definition) is 6. The first-order chi connectivity index (χ1) is 8.78. The van der Waals surface area contributed by atoms with E-state index in [0.717, 1.165) is 6.26 Å². The summed E-state index contributed by atoms with van der Waals surface area (Å²) < 4.78 is 36.1. The molecule has 1 rings (SSSR count). The molecule has 0 N–H and O–H groups in total. The lowest BCUT2D eigenvalue weighted by atomic mass is 10.1. The standard InChI is InChI=1S/C11H13ClO6S/c1-16-9-5-7(6-18-19(3,14)15)4-8(12)10(9)11(13)17-2/h4-5H,6H2,1-3H3. The lowest BCUT2D eigenvalue weighted by Gasteiger charge is -2.11. The summed E-state index contributed by atoms with van der Waals surface area (Å²) in [5, 5.41) is 0.0956. The van der Waals surface area contributed by atoms with E-state index in [4.69, 9.17) is 16.3 Å². The van der Waals surface area contributed by atoms with Crippen molar-refractivity contribution in [3.05, 3.63) is 28.3 Å². The van der Waals surface area contributed by atoms with E-state index in [1.54, 1.807) is 0 Å². The molecule has 6 nitrogen and oxygen atoms in total. The minimum atomic E-state index is -3.56. The van der Waals surface area contributed by atoms with E-state index in [-0.39, 0.29) is 22.9 Å². The minimum absolute atomic E-state index is 0.0785. The molecule has 1 aromatic carbocycles. The molecule has 0 aliphatic carbocycles. The first-order valence-corrected chi connectivity index (χ1v) is 7.27. The highest BCUT2D eigenvalue weighted by atomic mass is 35.5. The number of benzene rings is 1. The molecular formula is C11H13ClO6S. The van der Waals surface area contributed by atoms with Crippen molar-refractivity contribution < 1.29 is 26.9 Å². The number of halogens is 1. The summed E-state index contributed by atoms with van der Waals surface area (Å²) in [6, 6.07) is 2.88. The van der Waals surface area contributed by atoms with Gasteiger partial charge in [0.25, 0.3) is 10.1 Å². The Morgan fingerprint density at radius 1 is 1.32 bits per heavy atom. The second-order valence-electron chi connectivity index (χ2n) is 3.61. The van der Waals surface area contributed by atoms with Crippen LogP contribution in [0.2, 0.25) is 5.02 Å². The predicted molar refractivity (Wildman–Crippen MR) is 69.0 cm³/mol. The Labute approximate surface area is 116 Å². The molecule has 0 radical (unpaired) electrons. The van der Waals surface area contributed by atoms with Gasteiger partial charge in [0.1, 0.15) is 11.3 Å². The quantitative estimate of drug-likeness (QED) is 0.607. The average Bonchev–Trinajstić information content (AvgIpc) is 2.33. The van der Waals surface area contributed by atoms with Crippen LogP contribution in [-0.2, 0) is 25.6 Å². The monoisotopic (exact) mass is 308 g/mol. The van der Waals surface area contributed by atoms with Gasteiger partial charge in [-0.1, -0.05) is 11.6 Å². The molecule has 0 unspecified atom stereocenters. The lowest BCUT2D eigenvalue weighted by molar-refractivity contribution is 0.0597. The van der Waals surface area contributed by atoms with Crippen molar-refractivity contribution in [2.24, 2.45) is 0 Å². The summed E-state index contributed by atoms with van der Waals surface area (Å²) in [4.78, 5) is 11.5. The molecule has 0 saturated carbocycles. The van der Waals surface area contributed by atoms with Crippen molar-refractivity contribution in [1.82, 2.24) is 0 Å². The highest BCUT2D eigenvalue weighted by molar-refractivity contribution is 7.85. The highest BCUT2D eigenvalue weighted by Crippen LogP contribution is 2.29. The minimum Gasteiger partial charge on any atom is -0.496 e. The first kappa shape index (κ1) is 15.7. The molecule has 0 aliphatic rings. The Balaban J connectivity index is 3.13. The van der Waals surface area contributed by atoms with Crippen LogP contribution < -0.4 is 4.74 Å². The number of methoxy groups -OCH3 is 2. The van der Waals surface area contributed by atoms with Crippen LogP contribution >= 0.6 is 11.6 Å². The zero-order valence-electron chi connectivity index (χ0n) is 10.6. The van der Waals surface area contributed by atoms with Crippen LogP contribution in [-0.4, -0.2) is 34.9 Å². The fraction of sp³-hybridized carbons (Fsp3) is 0.364. The molecule has 0 aliphatic heterocycles. The van der Waals surface area contributed by atoms with E-state index in [1.807, 2.05) is 0 Å². The van der Waals surface area contributed by atoms with E-state index in [9.17, 15) is 13.2 Å². The topological polar surface area (TPSA) is 78.9 Å². The van der Waals surface area contributed by atoms with Gasteiger partial charge in [-0.05, 0) is 17.7 Å². The normalized spacial score (nSPS) is 11.2. The number of hydrogen-bond donors (Lipinski definition) is 0. The van der Waals surface area contributed by atoms with Crippen LogP contribution in [0.4, 0.5) is 0 Å². The molecule has 19 heavy (non-hydrogen) atoms. The Morgan fingerprint density at radius 2 is 1.95 bits per heavy atom. The SMILES string of the molecule is COC(=O)c1c(Cl)cc(COS(C)(=O)=O)cc1OC. The van der Waals surface area contributed by atoms with Crippen molar-refractivity contribution >= 4 is 27.7 Å². The van der Waals surface area contributed by atoms with Crippen LogP contribution in [0.1, 0.15) is 15.9 Å². The molecular weight excluding hydrogens is 296 g/mol. The van der Waals surface area contributed by atoms with Crippen LogP contribution in [0.3, 0.4) is 0 Å². The van der Waals surface area contributed by atoms with Gasteiger partial charge < -0.3 is 9.47 Å². The maximum atomic E-state index is 11.5. The summed E-state index contributed by atoms with van der Waals surface area (Å²) in [6.07, 6.45) is 0.939. The molecule has 0 fully saturated rings. The third kappa shape index (κ3) is 4.38. The van der Waals surface area contributed by atoms with Crippen molar-refractivity contribution in [3.63, 3.8) is 0 Å².